The zero-order valence-electron chi connectivity index (χ0n) is 10.1. The maximum atomic E-state index is 12.1. The van der Waals surface area contributed by atoms with Gasteiger partial charge in [-0.05, 0) is 19.4 Å². The Morgan fingerprint density at radius 1 is 1.24 bits per heavy atom. The highest BCUT2D eigenvalue weighted by molar-refractivity contribution is 6.37. The number of Topliss-reactive ketones (excluding diaryl/α,β-unsaturated/α-hetero) is 1. The fourth-order valence-corrected chi connectivity index (χ4v) is 1.61. The third kappa shape index (κ3) is 3.30. The predicted molar refractivity (Wildman–Crippen MR) is 66.1 cm³/mol. The average molecular weight is 255 g/mol. The van der Waals surface area contributed by atoms with Crippen molar-refractivity contribution in [1.82, 2.24) is 0 Å². The second kappa shape index (κ2) is 5.32. The van der Waals surface area contributed by atoms with Crippen LogP contribution >= 0.6 is 11.6 Å². The van der Waals surface area contributed by atoms with E-state index in [-0.39, 0.29) is 5.78 Å². The van der Waals surface area contributed by atoms with E-state index in [4.69, 9.17) is 11.6 Å². The van der Waals surface area contributed by atoms with Crippen LogP contribution in [-0.2, 0) is 14.3 Å². The fourth-order valence-electron chi connectivity index (χ4n) is 1.50. The van der Waals surface area contributed by atoms with Gasteiger partial charge in [-0.3, -0.25) is 9.59 Å². The van der Waals surface area contributed by atoms with Crippen molar-refractivity contribution in [2.45, 2.75) is 24.6 Å². The summed E-state index contributed by atoms with van der Waals surface area (Å²) < 4.78 is 4.66. The minimum atomic E-state index is -1.10. The first kappa shape index (κ1) is 13.7. The lowest BCUT2D eigenvalue weighted by Gasteiger charge is -2.21. The van der Waals surface area contributed by atoms with Crippen LogP contribution in [0.3, 0.4) is 0 Å². The Hall–Kier alpha value is -1.35. The molecule has 92 valence electrons. The van der Waals surface area contributed by atoms with Gasteiger partial charge in [0.1, 0.15) is 5.92 Å². The number of esters is 1. The van der Waals surface area contributed by atoms with Crippen molar-refractivity contribution in [1.29, 1.82) is 0 Å². The summed E-state index contributed by atoms with van der Waals surface area (Å²) in [6.45, 7) is 3.13. The summed E-state index contributed by atoms with van der Waals surface area (Å²) in [4.78, 5) is 22.7. The van der Waals surface area contributed by atoms with Crippen LogP contribution in [0.15, 0.2) is 30.3 Å². The van der Waals surface area contributed by atoms with Crippen LogP contribution in [0.25, 0.3) is 0 Å². The standard InChI is InChI=1S/C13H15ClO3/c1-13(2,14)11(15)10(12(16)17-3)9-7-5-4-6-8-9/h4-8,10H,1-3H3. The van der Waals surface area contributed by atoms with Crippen molar-refractivity contribution in [3.63, 3.8) is 0 Å². The molecule has 1 atom stereocenters. The van der Waals surface area contributed by atoms with E-state index in [1.54, 1.807) is 38.1 Å². The molecule has 0 aliphatic heterocycles. The number of ether oxygens (including phenoxy) is 1. The first-order valence-corrected chi connectivity index (χ1v) is 5.61. The number of methoxy groups -OCH3 is 1. The summed E-state index contributed by atoms with van der Waals surface area (Å²) in [6, 6.07) is 8.76. The molecule has 0 aliphatic carbocycles. The van der Waals surface area contributed by atoms with Crippen molar-refractivity contribution in [2.75, 3.05) is 7.11 Å². The van der Waals surface area contributed by atoms with E-state index in [0.717, 1.165) is 0 Å². The van der Waals surface area contributed by atoms with Gasteiger partial charge in [0.25, 0.3) is 0 Å². The van der Waals surface area contributed by atoms with E-state index in [9.17, 15) is 9.59 Å². The van der Waals surface area contributed by atoms with Crippen molar-refractivity contribution in [3.8, 4) is 0 Å². The highest BCUT2D eigenvalue weighted by Gasteiger charge is 2.38. The molecular formula is C13H15ClO3. The van der Waals surface area contributed by atoms with E-state index >= 15 is 0 Å². The van der Waals surface area contributed by atoms with Gasteiger partial charge in [0.05, 0.1) is 12.0 Å². The molecule has 0 N–H and O–H groups in total. The first-order chi connectivity index (χ1) is 7.88. The van der Waals surface area contributed by atoms with Gasteiger partial charge in [0, 0.05) is 0 Å². The van der Waals surface area contributed by atoms with E-state index in [1.165, 1.54) is 7.11 Å². The minimum Gasteiger partial charge on any atom is -0.468 e. The number of rotatable bonds is 4. The van der Waals surface area contributed by atoms with Gasteiger partial charge < -0.3 is 4.74 Å². The fraction of sp³-hybridized carbons (Fsp3) is 0.385. The molecule has 0 amide bonds. The largest absolute Gasteiger partial charge is 0.468 e. The Morgan fingerprint density at radius 3 is 2.18 bits per heavy atom. The molecule has 3 nitrogen and oxygen atoms in total. The van der Waals surface area contributed by atoms with Gasteiger partial charge in [0.2, 0.25) is 0 Å². The van der Waals surface area contributed by atoms with E-state index in [1.807, 2.05) is 6.07 Å². The van der Waals surface area contributed by atoms with Gasteiger partial charge in [0.15, 0.2) is 5.78 Å². The number of halogens is 1. The number of benzene rings is 1. The molecule has 0 saturated heterocycles. The van der Waals surface area contributed by atoms with Crippen LogP contribution in [0.5, 0.6) is 0 Å². The highest BCUT2D eigenvalue weighted by Crippen LogP contribution is 2.27. The first-order valence-electron chi connectivity index (χ1n) is 5.24. The molecule has 4 heteroatoms. The van der Waals surface area contributed by atoms with Crippen molar-refractivity contribution in [3.05, 3.63) is 35.9 Å². The maximum Gasteiger partial charge on any atom is 0.320 e. The molecule has 0 aromatic heterocycles. The number of alkyl halides is 1. The van der Waals surface area contributed by atoms with E-state index < -0.39 is 16.8 Å². The van der Waals surface area contributed by atoms with Gasteiger partial charge in [-0.15, -0.1) is 11.6 Å². The zero-order valence-corrected chi connectivity index (χ0v) is 10.8. The topological polar surface area (TPSA) is 43.4 Å². The second-order valence-electron chi connectivity index (χ2n) is 4.20. The predicted octanol–water partition coefficient (Wildman–Crippen LogP) is 2.53. The second-order valence-corrected chi connectivity index (χ2v) is 5.15. The van der Waals surface area contributed by atoms with E-state index in [2.05, 4.69) is 4.74 Å². The molecule has 1 aromatic carbocycles. The SMILES string of the molecule is COC(=O)C(C(=O)C(C)(C)Cl)c1ccccc1. The summed E-state index contributed by atoms with van der Waals surface area (Å²) in [5.74, 6) is -1.92. The zero-order chi connectivity index (χ0) is 13.1. The van der Waals surface area contributed by atoms with E-state index in [0.29, 0.717) is 5.56 Å². The van der Waals surface area contributed by atoms with Gasteiger partial charge in [-0.1, -0.05) is 30.3 Å². The number of carbonyl (C=O) groups excluding carboxylic acids is 2. The Bertz CT molecular complexity index is 406. The number of hydrogen-bond acceptors (Lipinski definition) is 3. The highest BCUT2D eigenvalue weighted by atomic mass is 35.5. The van der Waals surface area contributed by atoms with Crippen LogP contribution in [0, 0.1) is 0 Å². The molecule has 0 fully saturated rings. The van der Waals surface area contributed by atoms with Crippen LogP contribution in [0.1, 0.15) is 25.3 Å². The molecule has 0 radical (unpaired) electrons. The molecule has 1 rings (SSSR count). The average Bonchev–Trinajstić information content (AvgIpc) is 2.29. The normalized spacial score (nSPS) is 12.9. The van der Waals surface area contributed by atoms with Gasteiger partial charge in [-0.2, -0.15) is 0 Å². The van der Waals surface area contributed by atoms with Crippen LogP contribution in [-0.4, -0.2) is 23.7 Å². The van der Waals surface area contributed by atoms with Gasteiger partial charge >= 0.3 is 5.97 Å². The Morgan fingerprint density at radius 2 is 1.76 bits per heavy atom. The third-order valence-electron chi connectivity index (χ3n) is 2.42. The lowest BCUT2D eigenvalue weighted by atomic mass is 9.88. The number of hydrogen-bond donors (Lipinski definition) is 0. The third-order valence-corrected chi connectivity index (χ3v) is 2.60. The summed E-state index contributed by atoms with van der Waals surface area (Å²) in [5.41, 5.74) is 0.595. The summed E-state index contributed by atoms with van der Waals surface area (Å²) in [7, 11) is 1.26. The van der Waals surface area contributed by atoms with Crippen LogP contribution in [0.4, 0.5) is 0 Å². The Balaban J connectivity index is 3.15. The van der Waals surface area contributed by atoms with Crippen molar-refractivity contribution < 1.29 is 14.3 Å². The Kier molecular flexibility index (Phi) is 4.29. The Labute approximate surface area is 106 Å². The molecule has 0 bridgehead atoms. The van der Waals surface area contributed by atoms with Crippen LogP contribution in [0.2, 0.25) is 0 Å². The monoisotopic (exact) mass is 254 g/mol. The lowest BCUT2D eigenvalue weighted by molar-refractivity contribution is -0.146. The maximum absolute atomic E-state index is 12.1. The minimum absolute atomic E-state index is 0.364. The molecule has 0 heterocycles. The molecule has 0 spiro atoms. The number of ketones is 1. The quantitative estimate of drug-likeness (QED) is 0.471. The summed E-state index contributed by atoms with van der Waals surface area (Å²) in [6.07, 6.45) is 0. The summed E-state index contributed by atoms with van der Waals surface area (Å²) in [5, 5.41) is 0. The molecular weight excluding hydrogens is 240 g/mol. The molecule has 1 unspecified atom stereocenters. The lowest BCUT2D eigenvalue weighted by Crippen LogP contribution is -2.35. The van der Waals surface area contributed by atoms with Crippen molar-refractivity contribution in [2.24, 2.45) is 0 Å². The number of carbonyl (C=O) groups is 2. The van der Waals surface area contributed by atoms with Gasteiger partial charge in [-0.25, -0.2) is 0 Å². The molecule has 0 saturated carbocycles. The van der Waals surface area contributed by atoms with Crippen LogP contribution < -0.4 is 0 Å². The summed E-state index contributed by atoms with van der Waals surface area (Å²) >= 11 is 5.97. The van der Waals surface area contributed by atoms with Crippen molar-refractivity contribution >= 4 is 23.4 Å². The molecule has 1 aromatic rings. The smallest absolute Gasteiger partial charge is 0.320 e. The molecule has 17 heavy (non-hydrogen) atoms. The molecule has 0 aliphatic rings.